The highest BCUT2D eigenvalue weighted by Gasteiger charge is 2.04. The zero-order valence-electron chi connectivity index (χ0n) is 11.1. The number of anilines is 1. The third-order valence-electron chi connectivity index (χ3n) is 2.71. The fourth-order valence-electron chi connectivity index (χ4n) is 1.67. The van der Waals surface area contributed by atoms with Crippen molar-refractivity contribution in [2.45, 2.75) is 26.2 Å². The number of pyridine rings is 1. The Bertz CT molecular complexity index is 514. The van der Waals surface area contributed by atoms with Gasteiger partial charge in [-0.1, -0.05) is 13.3 Å². The molecule has 0 aliphatic carbocycles. The van der Waals surface area contributed by atoms with Crippen LogP contribution in [0.1, 0.15) is 26.2 Å². The summed E-state index contributed by atoms with van der Waals surface area (Å²) in [6.07, 6.45) is 5.15. The van der Waals surface area contributed by atoms with Crippen LogP contribution in [0.5, 0.6) is 0 Å². The molecule has 2 rings (SSSR count). The van der Waals surface area contributed by atoms with Crippen molar-refractivity contribution in [2.24, 2.45) is 0 Å². The Hall–Kier alpha value is -1.14. The van der Waals surface area contributed by atoms with Crippen molar-refractivity contribution < 1.29 is 4.74 Å². The molecule has 2 aromatic heterocycles. The lowest BCUT2D eigenvalue weighted by atomic mass is 10.4. The average Bonchev–Trinajstić information content (AvgIpc) is 2.82. The molecule has 6 heteroatoms. The van der Waals surface area contributed by atoms with Crippen LogP contribution >= 0.6 is 15.9 Å². The molecular weight excluding hydrogens is 308 g/mol. The van der Waals surface area contributed by atoms with E-state index in [-0.39, 0.29) is 0 Å². The van der Waals surface area contributed by atoms with E-state index < -0.39 is 0 Å². The molecule has 0 bridgehead atoms. The third kappa shape index (κ3) is 4.18. The first-order chi connectivity index (χ1) is 9.31. The van der Waals surface area contributed by atoms with Crippen LogP contribution in [-0.4, -0.2) is 34.4 Å². The van der Waals surface area contributed by atoms with Gasteiger partial charge in [0, 0.05) is 26.0 Å². The van der Waals surface area contributed by atoms with Gasteiger partial charge in [-0.2, -0.15) is 4.98 Å². The minimum absolute atomic E-state index is 0.653. The third-order valence-corrected chi connectivity index (χ3v) is 3.32. The maximum Gasteiger partial charge on any atom is 0.243 e. The molecule has 0 saturated heterocycles. The largest absolute Gasteiger partial charge is 0.381 e. The van der Waals surface area contributed by atoms with Gasteiger partial charge in [-0.3, -0.25) is 0 Å². The molecule has 5 nitrogen and oxygen atoms in total. The molecule has 0 radical (unpaired) electrons. The van der Waals surface area contributed by atoms with Gasteiger partial charge in [0.2, 0.25) is 5.95 Å². The van der Waals surface area contributed by atoms with E-state index in [9.17, 15) is 0 Å². The van der Waals surface area contributed by atoms with Crippen molar-refractivity contribution in [3.63, 3.8) is 0 Å². The molecule has 2 heterocycles. The van der Waals surface area contributed by atoms with Gasteiger partial charge in [0.25, 0.3) is 0 Å². The van der Waals surface area contributed by atoms with Gasteiger partial charge >= 0.3 is 0 Å². The lowest BCUT2D eigenvalue weighted by Gasteiger charge is -2.03. The van der Waals surface area contributed by atoms with Crippen LogP contribution in [0.15, 0.2) is 22.8 Å². The summed E-state index contributed by atoms with van der Waals surface area (Å²) < 4.78 is 8.19. The standard InChI is InChI=1S/C13H19BrN4O/c1-2-3-9-19-10-5-7-15-13-16-12-11(14)6-4-8-18(12)17-13/h4,6,8H,2-3,5,7,9-10H2,1H3,(H,15,17). The van der Waals surface area contributed by atoms with Crippen molar-refractivity contribution in [3.8, 4) is 0 Å². The predicted octanol–water partition coefficient (Wildman–Crippen LogP) is 3.11. The number of unbranched alkanes of at least 4 members (excludes halogenated alkanes) is 1. The lowest BCUT2D eigenvalue weighted by Crippen LogP contribution is -2.07. The normalized spacial score (nSPS) is 11.1. The van der Waals surface area contributed by atoms with Gasteiger partial charge < -0.3 is 10.1 Å². The number of nitrogens with zero attached hydrogens (tertiary/aromatic N) is 3. The summed E-state index contributed by atoms with van der Waals surface area (Å²) in [5.41, 5.74) is 0.823. The fraction of sp³-hybridized carbons (Fsp3) is 0.538. The molecule has 0 aromatic carbocycles. The SMILES string of the molecule is CCCCOCCCNc1nc2c(Br)cccn2n1. The van der Waals surface area contributed by atoms with E-state index in [1.54, 1.807) is 4.52 Å². The zero-order chi connectivity index (χ0) is 13.5. The van der Waals surface area contributed by atoms with Gasteiger partial charge in [0.15, 0.2) is 5.65 Å². The van der Waals surface area contributed by atoms with E-state index in [0.717, 1.165) is 42.7 Å². The lowest BCUT2D eigenvalue weighted by molar-refractivity contribution is 0.131. The number of aromatic nitrogens is 3. The summed E-state index contributed by atoms with van der Waals surface area (Å²) in [6.45, 7) is 4.62. The Morgan fingerprint density at radius 2 is 2.21 bits per heavy atom. The van der Waals surface area contributed by atoms with Gasteiger partial charge in [-0.05, 0) is 40.9 Å². The maximum absolute atomic E-state index is 5.50. The molecule has 0 saturated carbocycles. The molecule has 0 aliphatic rings. The van der Waals surface area contributed by atoms with Crippen molar-refractivity contribution in [2.75, 3.05) is 25.1 Å². The van der Waals surface area contributed by atoms with Crippen molar-refractivity contribution in [1.82, 2.24) is 14.6 Å². The maximum atomic E-state index is 5.50. The number of rotatable bonds is 8. The van der Waals surface area contributed by atoms with Crippen molar-refractivity contribution >= 4 is 27.5 Å². The zero-order valence-corrected chi connectivity index (χ0v) is 12.7. The Balaban J connectivity index is 1.74. The van der Waals surface area contributed by atoms with E-state index >= 15 is 0 Å². The number of halogens is 1. The summed E-state index contributed by atoms with van der Waals surface area (Å²) >= 11 is 3.46. The van der Waals surface area contributed by atoms with Crippen LogP contribution in [0.4, 0.5) is 5.95 Å². The second-order valence-electron chi connectivity index (χ2n) is 4.31. The van der Waals surface area contributed by atoms with Crippen molar-refractivity contribution in [1.29, 1.82) is 0 Å². The Morgan fingerprint density at radius 1 is 1.37 bits per heavy atom. The van der Waals surface area contributed by atoms with E-state index in [4.69, 9.17) is 4.74 Å². The number of nitrogens with one attached hydrogen (secondary N) is 1. The minimum Gasteiger partial charge on any atom is -0.381 e. The van der Waals surface area contributed by atoms with Crippen LogP contribution in [-0.2, 0) is 4.74 Å². The highest BCUT2D eigenvalue weighted by atomic mass is 79.9. The first-order valence-electron chi connectivity index (χ1n) is 6.63. The quantitative estimate of drug-likeness (QED) is 0.757. The monoisotopic (exact) mass is 326 g/mol. The van der Waals surface area contributed by atoms with Crippen LogP contribution in [0.2, 0.25) is 0 Å². The molecule has 104 valence electrons. The topological polar surface area (TPSA) is 51.5 Å². The van der Waals surface area contributed by atoms with E-state index in [0.29, 0.717) is 5.95 Å². The highest BCUT2D eigenvalue weighted by Crippen LogP contribution is 2.16. The number of fused-ring (bicyclic) bond motifs is 1. The average molecular weight is 327 g/mol. The smallest absolute Gasteiger partial charge is 0.243 e. The van der Waals surface area contributed by atoms with Crippen LogP contribution in [0.3, 0.4) is 0 Å². The van der Waals surface area contributed by atoms with Gasteiger partial charge in [-0.25, -0.2) is 4.52 Å². The molecule has 19 heavy (non-hydrogen) atoms. The summed E-state index contributed by atoms with van der Waals surface area (Å²) in [6, 6.07) is 3.88. The summed E-state index contributed by atoms with van der Waals surface area (Å²) in [7, 11) is 0. The van der Waals surface area contributed by atoms with Crippen LogP contribution in [0, 0.1) is 0 Å². The first kappa shape index (κ1) is 14.3. The molecule has 0 aliphatic heterocycles. The molecule has 2 aromatic rings. The number of hydrogen-bond donors (Lipinski definition) is 1. The Labute approximate surface area is 121 Å². The molecular formula is C13H19BrN4O. The van der Waals surface area contributed by atoms with Gasteiger partial charge in [0.1, 0.15) is 0 Å². The van der Waals surface area contributed by atoms with Crippen LogP contribution < -0.4 is 5.32 Å². The molecule has 0 unspecified atom stereocenters. The Kier molecular flexibility index (Phi) is 5.60. The molecule has 0 spiro atoms. The predicted molar refractivity (Wildman–Crippen MR) is 79.5 cm³/mol. The summed E-state index contributed by atoms with van der Waals surface area (Å²) in [5, 5.41) is 7.55. The molecule has 0 atom stereocenters. The fourth-order valence-corrected chi connectivity index (χ4v) is 2.09. The number of ether oxygens (including phenoxy) is 1. The van der Waals surface area contributed by atoms with Gasteiger partial charge in [-0.15, -0.1) is 5.10 Å². The van der Waals surface area contributed by atoms with Gasteiger partial charge in [0.05, 0.1) is 4.47 Å². The van der Waals surface area contributed by atoms with E-state index in [1.165, 1.54) is 6.42 Å². The molecule has 0 amide bonds. The first-order valence-corrected chi connectivity index (χ1v) is 7.43. The van der Waals surface area contributed by atoms with Crippen LogP contribution in [0.25, 0.3) is 5.65 Å². The van der Waals surface area contributed by atoms with Crippen molar-refractivity contribution in [3.05, 3.63) is 22.8 Å². The highest BCUT2D eigenvalue weighted by molar-refractivity contribution is 9.10. The van der Waals surface area contributed by atoms with E-state index in [1.807, 2.05) is 18.3 Å². The molecule has 1 N–H and O–H groups in total. The second kappa shape index (κ2) is 7.45. The second-order valence-corrected chi connectivity index (χ2v) is 5.16. The molecule has 0 fully saturated rings. The Morgan fingerprint density at radius 3 is 3.00 bits per heavy atom. The summed E-state index contributed by atoms with van der Waals surface area (Å²) in [4.78, 5) is 4.41. The minimum atomic E-state index is 0.653. The number of hydrogen-bond acceptors (Lipinski definition) is 4. The van der Waals surface area contributed by atoms with E-state index in [2.05, 4.69) is 38.3 Å². The summed E-state index contributed by atoms with van der Waals surface area (Å²) in [5.74, 6) is 0.653.